The maximum absolute atomic E-state index is 5.48. The molecule has 0 bridgehead atoms. The molecule has 2 atom stereocenters. The predicted molar refractivity (Wildman–Crippen MR) is 59.4 cm³/mol. The summed E-state index contributed by atoms with van der Waals surface area (Å²) >= 11 is 0. The molecule has 1 fully saturated rings. The van der Waals surface area contributed by atoms with Crippen molar-refractivity contribution in [2.24, 2.45) is 0 Å². The van der Waals surface area contributed by atoms with Crippen molar-refractivity contribution in [3.8, 4) is 5.75 Å². The summed E-state index contributed by atoms with van der Waals surface area (Å²) in [7, 11) is 3.21. The zero-order chi connectivity index (χ0) is 12.1. The van der Waals surface area contributed by atoms with E-state index in [-0.39, 0.29) is 19.4 Å². The van der Waals surface area contributed by atoms with Crippen molar-refractivity contribution >= 4 is 0 Å². The molecule has 17 heavy (non-hydrogen) atoms. The first kappa shape index (κ1) is 12.3. The number of rotatable bonds is 7. The van der Waals surface area contributed by atoms with E-state index in [1.807, 2.05) is 24.3 Å². The second kappa shape index (κ2) is 5.97. The molecule has 0 amide bonds. The monoisotopic (exact) mass is 240 g/mol. The molecule has 5 nitrogen and oxygen atoms in total. The van der Waals surface area contributed by atoms with Gasteiger partial charge in [-0.25, -0.2) is 0 Å². The Hall–Kier alpha value is -1.14. The SMILES string of the molecule is COCO[C@H]1O[C@@H]1OCc1ccc(OC)cc1. The summed E-state index contributed by atoms with van der Waals surface area (Å²) in [5.41, 5.74) is 1.06. The lowest BCUT2D eigenvalue weighted by atomic mass is 10.2. The third-order valence-electron chi connectivity index (χ3n) is 2.34. The van der Waals surface area contributed by atoms with Crippen LogP contribution in [0, 0.1) is 0 Å². The zero-order valence-electron chi connectivity index (χ0n) is 9.92. The third kappa shape index (κ3) is 3.67. The largest absolute Gasteiger partial charge is 0.497 e. The fraction of sp³-hybridized carbons (Fsp3) is 0.500. The van der Waals surface area contributed by atoms with Crippen LogP contribution in [0.4, 0.5) is 0 Å². The summed E-state index contributed by atoms with van der Waals surface area (Å²) in [6.07, 6.45) is -0.583. The minimum absolute atomic E-state index is 0.215. The van der Waals surface area contributed by atoms with Crippen LogP contribution in [-0.2, 0) is 25.6 Å². The van der Waals surface area contributed by atoms with E-state index in [9.17, 15) is 0 Å². The summed E-state index contributed by atoms with van der Waals surface area (Å²) in [4.78, 5) is 0. The minimum Gasteiger partial charge on any atom is -0.497 e. The number of benzene rings is 1. The van der Waals surface area contributed by atoms with Gasteiger partial charge in [0.25, 0.3) is 0 Å². The predicted octanol–water partition coefficient (Wildman–Crippen LogP) is 1.51. The van der Waals surface area contributed by atoms with Gasteiger partial charge in [-0.05, 0) is 17.7 Å². The van der Waals surface area contributed by atoms with Gasteiger partial charge in [0.2, 0.25) is 12.6 Å². The lowest BCUT2D eigenvalue weighted by molar-refractivity contribution is -0.0716. The van der Waals surface area contributed by atoms with Gasteiger partial charge in [-0.3, -0.25) is 0 Å². The van der Waals surface area contributed by atoms with Crippen LogP contribution in [0.1, 0.15) is 5.56 Å². The lowest BCUT2D eigenvalue weighted by Crippen LogP contribution is -2.06. The molecule has 1 saturated heterocycles. The van der Waals surface area contributed by atoms with Crippen LogP contribution in [0.5, 0.6) is 5.75 Å². The second-order valence-electron chi connectivity index (χ2n) is 3.61. The Morgan fingerprint density at radius 3 is 2.41 bits per heavy atom. The molecule has 2 rings (SSSR count). The van der Waals surface area contributed by atoms with E-state index < -0.39 is 0 Å². The lowest BCUT2D eigenvalue weighted by Gasteiger charge is -2.03. The quantitative estimate of drug-likeness (QED) is 0.534. The number of ether oxygens (including phenoxy) is 5. The number of hydrogen-bond donors (Lipinski definition) is 0. The molecular weight excluding hydrogens is 224 g/mol. The van der Waals surface area contributed by atoms with Crippen LogP contribution in [0.15, 0.2) is 24.3 Å². The molecule has 1 aliphatic heterocycles. The second-order valence-corrected chi connectivity index (χ2v) is 3.61. The summed E-state index contributed by atoms with van der Waals surface area (Å²) in [6.45, 7) is 0.703. The van der Waals surface area contributed by atoms with Crippen molar-refractivity contribution in [3.05, 3.63) is 29.8 Å². The zero-order valence-corrected chi connectivity index (χ0v) is 9.92. The van der Waals surface area contributed by atoms with Crippen molar-refractivity contribution in [1.29, 1.82) is 0 Å². The van der Waals surface area contributed by atoms with Gasteiger partial charge in [0, 0.05) is 7.11 Å². The summed E-state index contributed by atoms with van der Waals surface area (Å²) in [5.74, 6) is 0.831. The summed E-state index contributed by atoms with van der Waals surface area (Å²) in [6, 6.07) is 7.69. The highest BCUT2D eigenvalue weighted by atomic mass is 16.9. The molecule has 5 heteroatoms. The molecule has 0 aliphatic carbocycles. The average molecular weight is 240 g/mol. The maximum Gasteiger partial charge on any atom is 0.214 e. The summed E-state index contributed by atoms with van der Waals surface area (Å²) < 4.78 is 25.6. The molecule has 94 valence electrons. The Labute approximate surface area is 100 Å². The molecule has 1 aliphatic rings. The number of methoxy groups -OCH3 is 2. The van der Waals surface area contributed by atoms with Crippen molar-refractivity contribution in [1.82, 2.24) is 0 Å². The smallest absolute Gasteiger partial charge is 0.214 e. The van der Waals surface area contributed by atoms with Gasteiger partial charge in [0.15, 0.2) is 0 Å². The van der Waals surface area contributed by atoms with Crippen LogP contribution < -0.4 is 4.74 Å². The molecule has 1 aromatic rings. The number of epoxide rings is 1. The molecule has 0 unspecified atom stereocenters. The highest BCUT2D eigenvalue weighted by molar-refractivity contribution is 5.26. The van der Waals surface area contributed by atoms with E-state index in [2.05, 4.69) is 0 Å². The van der Waals surface area contributed by atoms with Gasteiger partial charge in [-0.1, -0.05) is 12.1 Å². The molecule has 1 aromatic carbocycles. The van der Waals surface area contributed by atoms with Gasteiger partial charge in [-0.2, -0.15) is 0 Å². The van der Waals surface area contributed by atoms with Gasteiger partial charge in [0.05, 0.1) is 13.7 Å². The maximum atomic E-state index is 5.48. The molecule has 1 heterocycles. The normalized spacial score (nSPS) is 22.5. The van der Waals surface area contributed by atoms with Crippen LogP contribution in [0.25, 0.3) is 0 Å². The van der Waals surface area contributed by atoms with Crippen molar-refractivity contribution < 1.29 is 23.7 Å². The Bertz CT molecular complexity index is 337. The third-order valence-corrected chi connectivity index (χ3v) is 2.34. The molecule has 0 N–H and O–H groups in total. The molecule has 0 aromatic heterocycles. The van der Waals surface area contributed by atoms with Crippen LogP contribution >= 0.6 is 0 Å². The van der Waals surface area contributed by atoms with Gasteiger partial charge in [0.1, 0.15) is 12.5 Å². The molecular formula is C12H16O5. The van der Waals surface area contributed by atoms with Gasteiger partial charge < -0.3 is 23.7 Å². The van der Waals surface area contributed by atoms with Crippen molar-refractivity contribution in [2.45, 2.75) is 19.2 Å². The van der Waals surface area contributed by atoms with E-state index in [1.54, 1.807) is 14.2 Å². The van der Waals surface area contributed by atoms with E-state index in [0.29, 0.717) is 6.61 Å². The first-order valence-electron chi connectivity index (χ1n) is 5.34. The number of hydrogen-bond acceptors (Lipinski definition) is 5. The van der Waals surface area contributed by atoms with E-state index >= 15 is 0 Å². The van der Waals surface area contributed by atoms with E-state index in [4.69, 9.17) is 23.7 Å². The Balaban J connectivity index is 1.68. The summed E-state index contributed by atoms with van der Waals surface area (Å²) in [5, 5.41) is 0. The van der Waals surface area contributed by atoms with Crippen molar-refractivity contribution in [3.63, 3.8) is 0 Å². The first-order chi connectivity index (χ1) is 8.33. The van der Waals surface area contributed by atoms with Crippen LogP contribution in [0.3, 0.4) is 0 Å². The first-order valence-corrected chi connectivity index (χ1v) is 5.34. The van der Waals surface area contributed by atoms with Gasteiger partial charge >= 0.3 is 0 Å². The molecule has 0 spiro atoms. The molecule has 0 radical (unpaired) electrons. The van der Waals surface area contributed by atoms with E-state index in [1.165, 1.54) is 0 Å². The standard InChI is InChI=1S/C12H16O5/c1-13-8-16-12-11(17-12)15-7-9-3-5-10(14-2)6-4-9/h3-6,11-12H,7-8H2,1-2H3/t11-,12-/m0/s1. The molecule has 0 saturated carbocycles. The highest BCUT2D eigenvalue weighted by Crippen LogP contribution is 2.25. The Morgan fingerprint density at radius 2 is 1.76 bits per heavy atom. The fourth-order valence-electron chi connectivity index (χ4n) is 1.36. The topological polar surface area (TPSA) is 49.5 Å². The fourth-order valence-corrected chi connectivity index (χ4v) is 1.36. The van der Waals surface area contributed by atoms with E-state index in [0.717, 1.165) is 11.3 Å². The van der Waals surface area contributed by atoms with Crippen LogP contribution in [-0.4, -0.2) is 33.6 Å². The van der Waals surface area contributed by atoms with Crippen molar-refractivity contribution in [2.75, 3.05) is 21.0 Å². The highest BCUT2D eigenvalue weighted by Gasteiger charge is 2.41. The Kier molecular flexibility index (Phi) is 4.33. The van der Waals surface area contributed by atoms with Crippen LogP contribution in [0.2, 0.25) is 0 Å². The average Bonchev–Trinajstić information content (AvgIpc) is 3.13. The minimum atomic E-state index is -0.298. The Morgan fingerprint density at radius 1 is 1.06 bits per heavy atom. The van der Waals surface area contributed by atoms with Gasteiger partial charge in [-0.15, -0.1) is 0 Å².